The summed E-state index contributed by atoms with van der Waals surface area (Å²) < 4.78 is 5.22. The van der Waals surface area contributed by atoms with E-state index in [2.05, 4.69) is 25.5 Å². The van der Waals surface area contributed by atoms with E-state index in [1.807, 2.05) is 45.2 Å². The summed E-state index contributed by atoms with van der Waals surface area (Å²) in [5.41, 5.74) is 5.34. The SMILES string of the molecule is CSc1nc(C)c(CCC(=O)Nc2cc(-c3nnco3)ccc2C)c(C)n1. The van der Waals surface area contributed by atoms with Gasteiger partial charge in [0.25, 0.3) is 0 Å². The Hall–Kier alpha value is -2.74. The van der Waals surface area contributed by atoms with Crippen molar-refractivity contribution in [3.8, 4) is 11.5 Å². The lowest BCUT2D eigenvalue weighted by molar-refractivity contribution is -0.116. The molecule has 3 aromatic rings. The Bertz CT molecular complexity index is 934. The molecule has 0 aliphatic rings. The minimum Gasteiger partial charge on any atom is -0.423 e. The maximum atomic E-state index is 12.5. The molecule has 0 saturated carbocycles. The number of aromatic nitrogens is 4. The Balaban J connectivity index is 1.69. The number of nitrogens with zero attached hydrogens (tertiary/aromatic N) is 4. The third-order valence-corrected chi connectivity index (χ3v) is 4.85. The van der Waals surface area contributed by atoms with Crippen LogP contribution in [-0.4, -0.2) is 32.3 Å². The van der Waals surface area contributed by atoms with E-state index in [0.29, 0.717) is 18.7 Å². The van der Waals surface area contributed by atoms with E-state index in [9.17, 15) is 4.79 Å². The quantitative estimate of drug-likeness (QED) is 0.512. The lowest BCUT2D eigenvalue weighted by Crippen LogP contribution is -2.14. The number of thioether (sulfide) groups is 1. The Morgan fingerprint density at radius 2 is 1.93 bits per heavy atom. The van der Waals surface area contributed by atoms with Crippen molar-refractivity contribution in [1.82, 2.24) is 20.2 Å². The van der Waals surface area contributed by atoms with Crippen LogP contribution in [-0.2, 0) is 11.2 Å². The van der Waals surface area contributed by atoms with Crippen molar-refractivity contribution in [3.63, 3.8) is 0 Å². The maximum Gasteiger partial charge on any atom is 0.247 e. The number of aryl methyl sites for hydroxylation is 3. The molecule has 140 valence electrons. The molecule has 0 fully saturated rings. The van der Waals surface area contributed by atoms with Crippen LogP contribution in [0.4, 0.5) is 5.69 Å². The number of hydrogen-bond donors (Lipinski definition) is 1. The fourth-order valence-corrected chi connectivity index (χ4v) is 3.26. The van der Waals surface area contributed by atoms with Crippen LogP contribution in [0.15, 0.2) is 34.2 Å². The van der Waals surface area contributed by atoms with E-state index >= 15 is 0 Å². The van der Waals surface area contributed by atoms with E-state index in [-0.39, 0.29) is 5.91 Å². The molecule has 27 heavy (non-hydrogen) atoms. The molecule has 1 aromatic carbocycles. The number of carbonyl (C=O) groups excluding carboxylic acids is 1. The van der Waals surface area contributed by atoms with E-state index in [1.54, 1.807) is 0 Å². The average Bonchev–Trinajstić information content (AvgIpc) is 3.17. The van der Waals surface area contributed by atoms with Gasteiger partial charge in [0.2, 0.25) is 18.2 Å². The van der Waals surface area contributed by atoms with E-state index in [0.717, 1.165) is 38.9 Å². The van der Waals surface area contributed by atoms with Gasteiger partial charge in [0, 0.05) is 29.1 Å². The maximum absolute atomic E-state index is 12.5. The van der Waals surface area contributed by atoms with Gasteiger partial charge < -0.3 is 9.73 Å². The minimum atomic E-state index is -0.0616. The van der Waals surface area contributed by atoms with Crippen LogP contribution in [0.25, 0.3) is 11.5 Å². The molecule has 2 heterocycles. The first-order chi connectivity index (χ1) is 13.0. The fourth-order valence-electron chi connectivity index (χ4n) is 2.80. The molecule has 0 aliphatic heterocycles. The summed E-state index contributed by atoms with van der Waals surface area (Å²) in [5.74, 6) is 0.358. The Kier molecular flexibility index (Phi) is 5.85. The highest BCUT2D eigenvalue weighted by Crippen LogP contribution is 2.24. The molecule has 1 N–H and O–H groups in total. The molecule has 0 unspecified atom stereocenters. The Morgan fingerprint density at radius 3 is 2.56 bits per heavy atom. The third kappa shape index (κ3) is 4.51. The molecule has 3 rings (SSSR count). The monoisotopic (exact) mass is 383 g/mol. The molecule has 0 saturated heterocycles. The number of benzene rings is 1. The van der Waals surface area contributed by atoms with Crippen molar-refractivity contribution in [2.24, 2.45) is 0 Å². The number of hydrogen-bond acceptors (Lipinski definition) is 7. The van der Waals surface area contributed by atoms with Crippen LogP contribution in [0.5, 0.6) is 0 Å². The lowest BCUT2D eigenvalue weighted by Gasteiger charge is -2.12. The zero-order chi connectivity index (χ0) is 19.4. The normalized spacial score (nSPS) is 10.8. The van der Waals surface area contributed by atoms with Crippen molar-refractivity contribution >= 4 is 23.4 Å². The molecular weight excluding hydrogens is 362 g/mol. The molecule has 8 heteroatoms. The first-order valence-electron chi connectivity index (χ1n) is 8.53. The number of nitrogens with one attached hydrogen (secondary N) is 1. The van der Waals surface area contributed by atoms with Crippen molar-refractivity contribution in [1.29, 1.82) is 0 Å². The summed E-state index contributed by atoms with van der Waals surface area (Å²) >= 11 is 1.52. The molecule has 0 spiro atoms. The van der Waals surface area contributed by atoms with E-state index in [4.69, 9.17) is 4.42 Å². The predicted octanol–water partition coefficient (Wildman–Crippen LogP) is 3.75. The van der Waals surface area contributed by atoms with Gasteiger partial charge in [-0.2, -0.15) is 0 Å². The Labute approximate surface area is 162 Å². The van der Waals surface area contributed by atoms with Crippen LogP contribution >= 0.6 is 11.8 Å². The van der Waals surface area contributed by atoms with Crippen LogP contribution in [0, 0.1) is 20.8 Å². The molecule has 0 bridgehead atoms. The number of rotatable bonds is 6. The predicted molar refractivity (Wildman–Crippen MR) is 105 cm³/mol. The average molecular weight is 383 g/mol. The fraction of sp³-hybridized carbons (Fsp3) is 0.316. The van der Waals surface area contributed by atoms with Crippen molar-refractivity contribution in [3.05, 3.63) is 47.1 Å². The Morgan fingerprint density at radius 1 is 1.19 bits per heavy atom. The number of carbonyl (C=O) groups is 1. The largest absolute Gasteiger partial charge is 0.423 e. The van der Waals surface area contributed by atoms with Gasteiger partial charge in [0.15, 0.2) is 5.16 Å². The summed E-state index contributed by atoms with van der Waals surface area (Å²) in [6.07, 6.45) is 4.18. The summed E-state index contributed by atoms with van der Waals surface area (Å²) in [5, 5.41) is 11.3. The smallest absolute Gasteiger partial charge is 0.247 e. The second kappa shape index (κ2) is 8.30. The second-order valence-corrected chi connectivity index (χ2v) is 6.95. The summed E-state index contributed by atoms with van der Waals surface area (Å²) in [6.45, 7) is 5.86. The minimum absolute atomic E-state index is 0.0616. The van der Waals surface area contributed by atoms with Gasteiger partial charge in [0.05, 0.1) is 0 Å². The third-order valence-electron chi connectivity index (χ3n) is 4.30. The first-order valence-corrected chi connectivity index (χ1v) is 9.75. The second-order valence-electron chi connectivity index (χ2n) is 6.18. The lowest BCUT2D eigenvalue weighted by atomic mass is 10.1. The van der Waals surface area contributed by atoms with Gasteiger partial charge in [-0.05, 0) is 56.7 Å². The van der Waals surface area contributed by atoms with Gasteiger partial charge in [-0.3, -0.25) is 4.79 Å². The van der Waals surface area contributed by atoms with Crippen LogP contribution < -0.4 is 5.32 Å². The molecule has 2 aromatic heterocycles. The van der Waals surface area contributed by atoms with Crippen LogP contribution in [0.1, 0.15) is 28.9 Å². The molecule has 7 nitrogen and oxygen atoms in total. The van der Waals surface area contributed by atoms with E-state index < -0.39 is 0 Å². The topological polar surface area (TPSA) is 93.8 Å². The molecular formula is C19H21N5O2S. The zero-order valence-electron chi connectivity index (χ0n) is 15.7. The highest BCUT2D eigenvalue weighted by atomic mass is 32.2. The van der Waals surface area contributed by atoms with Gasteiger partial charge >= 0.3 is 0 Å². The summed E-state index contributed by atoms with van der Waals surface area (Å²) in [4.78, 5) is 21.4. The van der Waals surface area contributed by atoms with Gasteiger partial charge in [-0.25, -0.2) is 9.97 Å². The van der Waals surface area contributed by atoms with E-state index in [1.165, 1.54) is 18.2 Å². The van der Waals surface area contributed by atoms with Gasteiger partial charge in [0.1, 0.15) is 0 Å². The zero-order valence-corrected chi connectivity index (χ0v) is 16.6. The van der Waals surface area contributed by atoms with Crippen molar-refractivity contribution in [2.75, 3.05) is 11.6 Å². The standard InChI is InChI=1S/C19H21N5O2S/c1-11-5-6-14(18-24-20-10-26-18)9-16(11)23-17(25)8-7-15-12(2)21-19(27-4)22-13(15)3/h5-6,9-10H,7-8H2,1-4H3,(H,23,25). The van der Waals surface area contributed by atoms with Crippen molar-refractivity contribution < 1.29 is 9.21 Å². The molecule has 0 atom stereocenters. The van der Waals surface area contributed by atoms with Crippen LogP contribution in [0.2, 0.25) is 0 Å². The summed E-state index contributed by atoms with van der Waals surface area (Å²) in [6, 6.07) is 5.64. The molecule has 0 radical (unpaired) electrons. The summed E-state index contributed by atoms with van der Waals surface area (Å²) in [7, 11) is 0. The number of amides is 1. The van der Waals surface area contributed by atoms with Crippen molar-refractivity contribution in [2.45, 2.75) is 38.8 Å². The van der Waals surface area contributed by atoms with Gasteiger partial charge in [-0.15, -0.1) is 10.2 Å². The number of anilines is 1. The first kappa shape index (κ1) is 19.0. The van der Waals surface area contributed by atoms with Crippen LogP contribution in [0.3, 0.4) is 0 Å². The van der Waals surface area contributed by atoms with Gasteiger partial charge in [-0.1, -0.05) is 17.8 Å². The highest BCUT2D eigenvalue weighted by Gasteiger charge is 2.13. The highest BCUT2D eigenvalue weighted by molar-refractivity contribution is 7.98. The molecule has 1 amide bonds. The molecule has 0 aliphatic carbocycles.